The van der Waals surface area contributed by atoms with Crippen molar-refractivity contribution in [3.63, 3.8) is 0 Å². The average Bonchev–Trinajstić information content (AvgIpc) is 3.08. The quantitative estimate of drug-likeness (QED) is 0.661. The molecule has 0 aromatic carbocycles. The minimum Gasteiger partial charge on any atom is -0.468 e. The molecule has 0 heterocycles. The molecule has 1 rings (SSSR count). The molecule has 4 nitrogen and oxygen atoms in total. The van der Waals surface area contributed by atoms with E-state index in [1.807, 2.05) is 13.8 Å². The third-order valence-electron chi connectivity index (χ3n) is 3.04. The van der Waals surface area contributed by atoms with Crippen molar-refractivity contribution in [1.82, 2.24) is 5.32 Å². The summed E-state index contributed by atoms with van der Waals surface area (Å²) in [5.74, 6) is -0.198. The van der Waals surface area contributed by atoms with Gasteiger partial charge in [-0.2, -0.15) is 0 Å². The molecule has 1 aliphatic carbocycles. The van der Waals surface area contributed by atoms with Crippen molar-refractivity contribution in [2.45, 2.75) is 64.1 Å². The highest BCUT2D eigenvalue weighted by molar-refractivity contribution is 5.80. The van der Waals surface area contributed by atoms with E-state index < -0.39 is 5.54 Å². The van der Waals surface area contributed by atoms with Gasteiger partial charge in [0.05, 0.1) is 13.2 Å². The van der Waals surface area contributed by atoms with Crippen molar-refractivity contribution < 1.29 is 14.3 Å². The van der Waals surface area contributed by atoms with Gasteiger partial charge in [-0.1, -0.05) is 6.92 Å². The van der Waals surface area contributed by atoms with Crippen molar-refractivity contribution in [2.24, 2.45) is 0 Å². The van der Waals surface area contributed by atoms with Gasteiger partial charge in [0.15, 0.2) is 0 Å². The van der Waals surface area contributed by atoms with E-state index in [0.717, 1.165) is 25.9 Å². The third kappa shape index (κ3) is 4.64. The van der Waals surface area contributed by atoms with E-state index in [0.29, 0.717) is 12.5 Å². The number of hydrogen-bond donors (Lipinski definition) is 1. The fourth-order valence-electron chi connectivity index (χ4n) is 2.06. The largest absolute Gasteiger partial charge is 0.468 e. The van der Waals surface area contributed by atoms with Crippen molar-refractivity contribution in [1.29, 1.82) is 0 Å². The van der Waals surface area contributed by atoms with Gasteiger partial charge in [0.2, 0.25) is 0 Å². The predicted octanol–water partition coefficient (Wildman–Crippen LogP) is 1.88. The number of hydrogen-bond acceptors (Lipinski definition) is 4. The Morgan fingerprint density at radius 2 is 2.18 bits per heavy atom. The third-order valence-corrected chi connectivity index (χ3v) is 3.04. The molecule has 1 N–H and O–H groups in total. The summed E-state index contributed by atoms with van der Waals surface area (Å²) in [6.07, 6.45) is 4.00. The number of carbonyl (C=O) groups is 1. The molecule has 0 amide bonds. The normalized spacial score (nSPS) is 20.7. The Bertz CT molecular complexity index is 253. The zero-order valence-corrected chi connectivity index (χ0v) is 11.4. The second kappa shape index (κ2) is 6.36. The fraction of sp³-hybridized carbons (Fsp3) is 0.923. The number of nitrogens with one attached hydrogen (secondary N) is 1. The van der Waals surface area contributed by atoms with Gasteiger partial charge in [-0.15, -0.1) is 0 Å². The Labute approximate surface area is 104 Å². The highest BCUT2D eigenvalue weighted by atomic mass is 16.5. The molecule has 0 bridgehead atoms. The molecule has 4 heteroatoms. The van der Waals surface area contributed by atoms with E-state index >= 15 is 0 Å². The lowest BCUT2D eigenvalue weighted by molar-refractivity contribution is -0.149. The molecule has 0 radical (unpaired) electrons. The van der Waals surface area contributed by atoms with Crippen LogP contribution >= 0.6 is 0 Å². The summed E-state index contributed by atoms with van der Waals surface area (Å²) in [7, 11) is 1.44. The second-order valence-corrected chi connectivity index (χ2v) is 5.13. The van der Waals surface area contributed by atoms with Crippen molar-refractivity contribution in [3.05, 3.63) is 0 Å². The van der Waals surface area contributed by atoms with Crippen LogP contribution in [0.5, 0.6) is 0 Å². The summed E-state index contributed by atoms with van der Waals surface area (Å²) in [5, 5.41) is 3.37. The first kappa shape index (κ1) is 14.5. The van der Waals surface area contributed by atoms with Crippen LogP contribution in [0.15, 0.2) is 0 Å². The van der Waals surface area contributed by atoms with Crippen LogP contribution in [0, 0.1) is 0 Å². The molecule has 0 aliphatic heterocycles. The topological polar surface area (TPSA) is 47.6 Å². The molecule has 0 aromatic rings. The van der Waals surface area contributed by atoms with Gasteiger partial charge in [0.25, 0.3) is 0 Å². The van der Waals surface area contributed by atoms with Crippen molar-refractivity contribution in [3.8, 4) is 0 Å². The minimum atomic E-state index is -0.622. The second-order valence-electron chi connectivity index (χ2n) is 5.13. The van der Waals surface area contributed by atoms with E-state index in [1.165, 1.54) is 7.11 Å². The molecular formula is C13H25NO3. The summed E-state index contributed by atoms with van der Waals surface area (Å²) in [6.45, 7) is 6.73. The molecule has 0 spiro atoms. The fourth-order valence-corrected chi connectivity index (χ4v) is 2.06. The zero-order chi connectivity index (χ0) is 12.9. The molecule has 100 valence electrons. The van der Waals surface area contributed by atoms with Crippen LogP contribution in [0.25, 0.3) is 0 Å². The molecule has 1 fully saturated rings. The number of rotatable bonds is 8. The van der Waals surface area contributed by atoms with Crippen LogP contribution in [0.4, 0.5) is 0 Å². The summed E-state index contributed by atoms with van der Waals surface area (Å²) in [4.78, 5) is 11.9. The standard InChI is InChI=1S/C13H25NO3/c1-5-8-17-10(2)9-13(3,12(15)16-4)14-11-6-7-11/h10-11,14H,5-9H2,1-4H3. The number of carbonyl (C=O) groups excluding carboxylic acids is 1. The first-order valence-electron chi connectivity index (χ1n) is 6.49. The van der Waals surface area contributed by atoms with Crippen LogP contribution in [0.3, 0.4) is 0 Å². The molecule has 0 saturated heterocycles. The van der Waals surface area contributed by atoms with Gasteiger partial charge in [-0.25, -0.2) is 0 Å². The molecule has 1 aliphatic rings. The zero-order valence-electron chi connectivity index (χ0n) is 11.4. The van der Waals surface area contributed by atoms with Gasteiger partial charge in [-0.05, 0) is 33.1 Å². The number of esters is 1. The van der Waals surface area contributed by atoms with Gasteiger partial charge < -0.3 is 9.47 Å². The molecule has 2 unspecified atom stereocenters. The SMILES string of the molecule is CCCOC(C)CC(C)(NC1CC1)C(=O)OC. The predicted molar refractivity (Wildman–Crippen MR) is 66.9 cm³/mol. The maximum Gasteiger partial charge on any atom is 0.325 e. The lowest BCUT2D eigenvalue weighted by atomic mass is 9.94. The minimum absolute atomic E-state index is 0.0605. The lowest BCUT2D eigenvalue weighted by Crippen LogP contribution is -2.53. The van der Waals surface area contributed by atoms with Gasteiger partial charge in [0, 0.05) is 19.1 Å². The summed E-state index contributed by atoms with van der Waals surface area (Å²) in [6, 6.07) is 0.470. The van der Waals surface area contributed by atoms with Crippen LogP contribution in [0.1, 0.15) is 46.5 Å². The number of methoxy groups -OCH3 is 1. The molecule has 0 aromatic heterocycles. The van der Waals surface area contributed by atoms with Gasteiger partial charge >= 0.3 is 5.97 Å². The van der Waals surface area contributed by atoms with E-state index in [1.54, 1.807) is 0 Å². The van der Waals surface area contributed by atoms with Crippen LogP contribution in [-0.2, 0) is 14.3 Å². The lowest BCUT2D eigenvalue weighted by Gasteiger charge is -2.30. The Hall–Kier alpha value is -0.610. The maximum atomic E-state index is 11.9. The average molecular weight is 243 g/mol. The molecule has 17 heavy (non-hydrogen) atoms. The van der Waals surface area contributed by atoms with Crippen LogP contribution in [0.2, 0.25) is 0 Å². The highest BCUT2D eigenvalue weighted by Gasteiger charge is 2.40. The maximum absolute atomic E-state index is 11.9. The Morgan fingerprint density at radius 1 is 1.53 bits per heavy atom. The van der Waals surface area contributed by atoms with E-state index in [-0.39, 0.29) is 12.1 Å². The summed E-state index contributed by atoms with van der Waals surface area (Å²) in [5.41, 5.74) is -0.622. The monoisotopic (exact) mass is 243 g/mol. The first-order chi connectivity index (χ1) is 8.01. The van der Waals surface area contributed by atoms with E-state index in [9.17, 15) is 4.79 Å². The summed E-state index contributed by atoms with van der Waals surface area (Å²) >= 11 is 0. The Balaban J connectivity index is 2.52. The summed E-state index contributed by atoms with van der Waals surface area (Å²) < 4.78 is 10.5. The van der Waals surface area contributed by atoms with Gasteiger partial charge in [-0.3, -0.25) is 10.1 Å². The Morgan fingerprint density at radius 3 is 2.65 bits per heavy atom. The van der Waals surface area contributed by atoms with Gasteiger partial charge in [0.1, 0.15) is 5.54 Å². The highest BCUT2D eigenvalue weighted by Crippen LogP contribution is 2.26. The van der Waals surface area contributed by atoms with Crippen LogP contribution < -0.4 is 5.32 Å². The smallest absolute Gasteiger partial charge is 0.325 e. The van der Waals surface area contributed by atoms with E-state index in [2.05, 4.69) is 12.2 Å². The van der Waals surface area contributed by atoms with E-state index in [4.69, 9.17) is 9.47 Å². The molecule has 2 atom stereocenters. The Kier molecular flexibility index (Phi) is 5.40. The molecular weight excluding hydrogens is 218 g/mol. The number of ether oxygens (including phenoxy) is 2. The van der Waals surface area contributed by atoms with Crippen LogP contribution in [-0.4, -0.2) is 37.4 Å². The van der Waals surface area contributed by atoms with Crippen molar-refractivity contribution >= 4 is 5.97 Å². The van der Waals surface area contributed by atoms with Crippen molar-refractivity contribution in [2.75, 3.05) is 13.7 Å². The first-order valence-corrected chi connectivity index (χ1v) is 6.49. The molecule has 1 saturated carbocycles.